The Kier molecular flexibility index (Phi) is 5.33. The van der Waals surface area contributed by atoms with Crippen LogP contribution in [0.1, 0.15) is 33.4 Å². The summed E-state index contributed by atoms with van der Waals surface area (Å²) in [4.78, 5) is 0. The van der Waals surface area contributed by atoms with E-state index in [4.69, 9.17) is 14.7 Å². The van der Waals surface area contributed by atoms with Crippen LogP contribution in [0.3, 0.4) is 0 Å². The third-order valence-electron chi connectivity index (χ3n) is 4.35. The Hall–Kier alpha value is -1.99. The highest BCUT2D eigenvalue weighted by Crippen LogP contribution is 2.33. The van der Waals surface area contributed by atoms with Gasteiger partial charge in [-0.1, -0.05) is 15.9 Å². The first-order chi connectivity index (χ1) is 10.9. The van der Waals surface area contributed by atoms with Crippen molar-refractivity contribution in [1.29, 1.82) is 5.26 Å². The minimum absolute atomic E-state index is 0.467. The molecule has 2 aromatic carbocycles. The maximum absolute atomic E-state index is 8.97. The number of benzene rings is 2. The summed E-state index contributed by atoms with van der Waals surface area (Å²) in [5.74, 6) is 1.22. The summed E-state index contributed by atoms with van der Waals surface area (Å²) in [6, 6.07) is 7.30. The monoisotopic (exact) mass is 373 g/mol. The van der Waals surface area contributed by atoms with Gasteiger partial charge in [0.1, 0.15) is 6.61 Å². The van der Waals surface area contributed by atoms with E-state index in [9.17, 15) is 0 Å². The molecule has 0 aliphatic rings. The number of methoxy groups -OCH3 is 1. The quantitative estimate of drug-likeness (QED) is 0.744. The molecule has 0 atom stereocenters. The lowest BCUT2D eigenvalue weighted by Gasteiger charge is -2.19. The number of nitriles is 1. The normalized spacial score (nSPS) is 10.3. The molecule has 4 heteroatoms. The Balaban J connectivity index is 2.34. The molecule has 0 radical (unpaired) electrons. The van der Waals surface area contributed by atoms with Crippen LogP contribution in [0, 0.1) is 39.0 Å². The van der Waals surface area contributed by atoms with Gasteiger partial charge in [-0.2, -0.15) is 5.26 Å². The Morgan fingerprint density at radius 1 is 1.00 bits per heavy atom. The second-order valence-electron chi connectivity index (χ2n) is 5.56. The lowest BCUT2D eigenvalue weighted by molar-refractivity contribution is 0.283. The smallest absolute Gasteiger partial charge is 0.162 e. The Morgan fingerprint density at radius 3 is 2.13 bits per heavy atom. The van der Waals surface area contributed by atoms with Crippen LogP contribution in [0.25, 0.3) is 0 Å². The Morgan fingerprint density at radius 2 is 1.61 bits per heavy atom. The van der Waals surface area contributed by atoms with Crippen LogP contribution in [-0.2, 0) is 6.61 Å². The van der Waals surface area contributed by atoms with Crippen LogP contribution in [0.15, 0.2) is 22.7 Å². The molecule has 0 amide bonds. The fourth-order valence-electron chi connectivity index (χ4n) is 2.57. The molecular weight excluding hydrogens is 354 g/mol. The summed E-state index contributed by atoms with van der Waals surface area (Å²) in [5, 5.41) is 8.97. The van der Waals surface area contributed by atoms with E-state index >= 15 is 0 Å². The first kappa shape index (κ1) is 17.4. The minimum atomic E-state index is 0.467. The Bertz CT molecular complexity index is 762. The van der Waals surface area contributed by atoms with Gasteiger partial charge < -0.3 is 9.47 Å². The minimum Gasteiger partial charge on any atom is -0.493 e. The molecule has 0 N–H and O–H groups in total. The predicted molar refractivity (Wildman–Crippen MR) is 95.1 cm³/mol. The van der Waals surface area contributed by atoms with E-state index in [1.807, 2.05) is 0 Å². The fraction of sp³-hybridized carbons (Fsp3) is 0.316. The molecule has 0 fully saturated rings. The molecule has 0 spiro atoms. The second kappa shape index (κ2) is 7.06. The van der Waals surface area contributed by atoms with Gasteiger partial charge >= 0.3 is 0 Å². The third kappa shape index (κ3) is 3.35. The van der Waals surface area contributed by atoms with Crippen molar-refractivity contribution in [1.82, 2.24) is 0 Å². The number of nitrogens with zero attached hydrogens (tertiary/aromatic N) is 1. The van der Waals surface area contributed by atoms with Crippen molar-refractivity contribution in [3.05, 3.63) is 56.1 Å². The number of halogens is 1. The number of rotatable bonds is 4. The molecule has 0 aromatic heterocycles. The zero-order valence-electron chi connectivity index (χ0n) is 14.1. The van der Waals surface area contributed by atoms with E-state index in [0.29, 0.717) is 23.7 Å². The SMILES string of the molecule is COc1cc(C#N)ccc1OCc1c(C)c(C)c(Br)c(C)c1C. The van der Waals surface area contributed by atoms with Gasteiger partial charge in [-0.05, 0) is 67.6 Å². The van der Waals surface area contributed by atoms with E-state index in [1.165, 1.54) is 27.8 Å². The molecule has 2 aromatic rings. The molecule has 23 heavy (non-hydrogen) atoms. The van der Waals surface area contributed by atoms with Crippen molar-refractivity contribution in [2.45, 2.75) is 34.3 Å². The zero-order chi connectivity index (χ0) is 17.1. The topological polar surface area (TPSA) is 42.2 Å². The van der Waals surface area contributed by atoms with Crippen molar-refractivity contribution in [3.63, 3.8) is 0 Å². The van der Waals surface area contributed by atoms with Crippen molar-refractivity contribution in [2.24, 2.45) is 0 Å². The van der Waals surface area contributed by atoms with E-state index in [2.05, 4.69) is 49.7 Å². The highest BCUT2D eigenvalue weighted by molar-refractivity contribution is 9.10. The lowest BCUT2D eigenvalue weighted by atomic mass is 9.95. The van der Waals surface area contributed by atoms with Gasteiger partial charge in [-0.15, -0.1) is 0 Å². The standard InChI is InChI=1S/C19H20BrNO2/c1-11-13(3)19(20)14(4)12(2)16(11)10-23-17-7-6-15(9-21)8-18(17)22-5/h6-8H,10H2,1-5H3. The van der Waals surface area contributed by atoms with Crippen molar-refractivity contribution in [2.75, 3.05) is 7.11 Å². The maximum atomic E-state index is 8.97. The van der Waals surface area contributed by atoms with Crippen molar-refractivity contribution >= 4 is 15.9 Å². The summed E-state index contributed by atoms with van der Waals surface area (Å²) in [5.41, 5.74) is 6.67. The largest absolute Gasteiger partial charge is 0.493 e. The second-order valence-corrected chi connectivity index (χ2v) is 6.35. The van der Waals surface area contributed by atoms with Gasteiger partial charge in [0, 0.05) is 10.5 Å². The maximum Gasteiger partial charge on any atom is 0.162 e. The van der Waals surface area contributed by atoms with Crippen molar-refractivity contribution in [3.8, 4) is 17.6 Å². The average molecular weight is 374 g/mol. The van der Waals surface area contributed by atoms with Crippen LogP contribution >= 0.6 is 15.9 Å². The third-order valence-corrected chi connectivity index (χ3v) is 5.54. The lowest BCUT2D eigenvalue weighted by Crippen LogP contribution is -2.06. The fourth-order valence-corrected chi connectivity index (χ4v) is 3.16. The molecule has 0 bridgehead atoms. The molecule has 0 saturated carbocycles. The first-order valence-corrected chi connectivity index (χ1v) is 8.15. The summed E-state index contributed by atoms with van der Waals surface area (Å²) in [7, 11) is 1.58. The number of ether oxygens (including phenoxy) is 2. The van der Waals surface area contributed by atoms with Gasteiger partial charge in [0.25, 0.3) is 0 Å². The number of hydrogen-bond acceptors (Lipinski definition) is 3. The van der Waals surface area contributed by atoms with Gasteiger partial charge in [0.2, 0.25) is 0 Å². The molecule has 3 nitrogen and oxygen atoms in total. The molecular formula is C19H20BrNO2. The summed E-state index contributed by atoms with van der Waals surface area (Å²) >= 11 is 3.66. The highest BCUT2D eigenvalue weighted by atomic mass is 79.9. The van der Waals surface area contributed by atoms with E-state index in [1.54, 1.807) is 25.3 Å². The van der Waals surface area contributed by atoms with E-state index in [-0.39, 0.29) is 0 Å². The van der Waals surface area contributed by atoms with Crippen LogP contribution in [-0.4, -0.2) is 7.11 Å². The first-order valence-electron chi connectivity index (χ1n) is 7.36. The van der Waals surface area contributed by atoms with Crippen LogP contribution in [0.5, 0.6) is 11.5 Å². The van der Waals surface area contributed by atoms with Crippen LogP contribution in [0.4, 0.5) is 0 Å². The molecule has 0 aliphatic heterocycles. The summed E-state index contributed by atoms with van der Waals surface area (Å²) in [6.07, 6.45) is 0. The molecule has 0 saturated heterocycles. The molecule has 0 aliphatic carbocycles. The molecule has 2 rings (SSSR count). The summed E-state index contributed by atoms with van der Waals surface area (Å²) in [6.45, 7) is 8.91. The average Bonchev–Trinajstić information content (AvgIpc) is 2.58. The van der Waals surface area contributed by atoms with Crippen molar-refractivity contribution < 1.29 is 9.47 Å². The van der Waals surface area contributed by atoms with E-state index < -0.39 is 0 Å². The number of hydrogen-bond donors (Lipinski definition) is 0. The molecule has 120 valence electrons. The highest BCUT2D eigenvalue weighted by Gasteiger charge is 2.14. The molecule has 0 unspecified atom stereocenters. The van der Waals surface area contributed by atoms with Gasteiger partial charge in [-0.3, -0.25) is 0 Å². The van der Waals surface area contributed by atoms with Gasteiger partial charge in [0.05, 0.1) is 18.7 Å². The summed E-state index contributed by atoms with van der Waals surface area (Å²) < 4.78 is 12.5. The molecule has 0 heterocycles. The van der Waals surface area contributed by atoms with Crippen LogP contribution < -0.4 is 9.47 Å². The van der Waals surface area contributed by atoms with Gasteiger partial charge in [0.15, 0.2) is 11.5 Å². The van der Waals surface area contributed by atoms with E-state index in [0.717, 1.165) is 4.47 Å². The Labute approximate surface area is 146 Å². The zero-order valence-corrected chi connectivity index (χ0v) is 15.7. The van der Waals surface area contributed by atoms with Crippen LogP contribution in [0.2, 0.25) is 0 Å². The predicted octanol–water partition coefficient (Wildman–Crippen LogP) is 5.14. The van der Waals surface area contributed by atoms with Gasteiger partial charge in [-0.25, -0.2) is 0 Å².